The van der Waals surface area contributed by atoms with Crippen LogP contribution in [0.2, 0.25) is 0 Å². The lowest BCUT2D eigenvalue weighted by Gasteiger charge is -2.22. The second kappa shape index (κ2) is 9.18. The summed E-state index contributed by atoms with van der Waals surface area (Å²) in [5.74, 6) is 0.676. The maximum atomic E-state index is 5.89. The van der Waals surface area contributed by atoms with E-state index in [9.17, 15) is 0 Å². The molecule has 0 aliphatic carbocycles. The predicted molar refractivity (Wildman–Crippen MR) is 126 cm³/mol. The maximum Gasteiger partial charge on any atom is 0.142 e. The fraction of sp³-hybridized carbons (Fsp3) is 0.417. The van der Waals surface area contributed by atoms with Gasteiger partial charge in [-0.05, 0) is 50.9 Å². The van der Waals surface area contributed by atoms with Crippen molar-refractivity contribution < 1.29 is 0 Å². The SMILES string of the molecule is CCCCc1cc(-c2c[nH]c3ncc(-c4cnn(C5CCNCC5)c4)cc23)nc(CN)n1. The number of unbranched alkanes of at least 4 members (excludes halogenated alkanes) is 1. The normalized spacial score (nSPS) is 14.9. The Labute approximate surface area is 187 Å². The third-order valence-corrected chi connectivity index (χ3v) is 6.22. The van der Waals surface area contributed by atoms with Gasteiger partial charge in [0, 0.05) is 46.4 Å². The third-order valence-electron chi connectivity index (χ3n) is 6.22. The summed E-state index contributed by atoms with van der Waals surface area (Å²) in [6, 6.07) is 4.72. The van der Waals surface area contributed by atoms with Gasteiger partial charge in [0.15, 0.2) is 0 Å². The van der Waals surface area contributed by atoms with E-state index in [2.05, 4.69) is 55.3 Å². The number of hydrogen-bond donors (Lipinski definition) is 3. The third kappa shape index (κ3) is 4.16. The van der Waals surface area contributed by atoms with E-state index in [1.807, 2.05) is 18.6 Å². The molecule has 5 heterocycles. The van der Waals surface area contributed by atoms with E-state index in [0.29, 0.717) is 18.4 Å². The van der Waals surface area contributed by atoms with Crippen LogP contribution >= 0.6 is 0 Å². The number of fused-ring (bicyclic) bond motifs is 1. The molecule has 0 spiro atoms. The van der Waals surface area contributed by atoms with E-state index in [1.54, 1.807) is 0 Å². The van der Waals surface area contributed by atoms with Crippen LogP contribution in [0, 0.1) is 0 Å². The first kappa shape index (κ1) is 20.8. The van der Waals surface area contributed by atoms with Crippen molar-refractivity contribution in [2.24, 2.45) is 5.73 Å². The van der Waals surface area contributed by atoms with E-state index in [4.69, 9.17) is 10.7 Å². The van der Waals surface area contributed by atoms with Gasteiger partial charge in [0.1, 0.15) is 11.5 Å². The van der Waals surface area contributed by atoms with E-state index in [-0.39, 0.29) is 0 Å². The summed E-state index contributed by atoms with van der Waals surface area (Å²) in [6.45, 7) is 4.61. The van der Waals surface area contributed by atoms with Gasteiger partial charge in [0.2, 0.25) is 0 Å². The zero-order valence-corrected chi connectivity index (χ0v) is 18.5. The topological polar surface area (TPSA) is 110 Å². The van der Waals surface area contributed by atoms with Crippen LogP contribution in [0.25, 0.3) is 33.4 Å². The summed E-state index contributed by atoms with van der Waals surface area (Å²) in [6.07, 6.45) is 13.3. The maximum absolute atomic E-state index is 5.89. The Balaban J connectivity index is 1.50. The summed E-state index contributed by atoms with van der Waals surface area (Å²) >= 11 is 0. The smallest absolute Gasteiger partial charge is 0.142 e. The molecule has 1 aliphatic rings. The van der Waals surface area contributed by atoms with Gasteiger partial charge in [-0.25, -0.2) is 15.0 Å². The Bertz CT molecular complexity index is 1200. The van der Waals surface area contributed by atoms with Crippen LogP contribution < -0.4 is 11.1 Å². The van der Waals surface area contributed by atoms with Gasteiger partial charge < -0.3 is 16.0 Å². The number of hydrogen-bond acceptors (Lipinski definition) is 6. The Hall–Kier alpha value is -3.10. The van der Waals surface area contributed by atoms with E-state index in [1.165, 1.54) is 0 Å². The summed E-state index contributed by atoms with van der Waals surface area (Å²) in [7, 11) is 0. The second-order valence-corrected chi connectivity index (χ2v) is 8.48. The number of aromatic nitrogens is 6. The molecule has 0 amide bonds. The number of nitrogens with zero attached hydrogens (tertiary/aromatic N) is 5. The predicted octanol–water partition coefficient (Wildman–Crippen LogP) is 3.61. The first-order valence-corrected chi connectivity index (χ1v) is 11.5. The lowest BCUT2D eigenvalue weighted by atomic mass is 10.1. The molecule has 32 heavy (non-hydrogen) atoms. The Kier molecular flexibility index (Phi) is 5.96. The standard InChI is InChI=1S/C24H30N8/c1-2-3-4-18-10-22(31-23(11-25)30-18)21-14-28-24-20(21)9-16(12-27-24)17-13-29-32(15-17)19-5-7-26-8-6-19/h9-10,12-15,19,26H,2-8,11,25H2,1H3,(H,27,28). The molecule has 4 N–H and O–H groups in total. The van der Waals surface area contributed by atoms with E-state index >= 15 is 0 Å². The summed E-state index contributed by atoms with van der Waals surface area (Å²) in [4.78, 5) is 17.3. The Morgan fingerprint density at radius 3 is 2.81 bits per heavy atom. The van der Waals surface area contributed by atoms with Gasteiger partial charge in [0.25, 0.3) is 0 Å². The molecule has 0 radical (unpaired) electrons. The number of piperidine rings is 1. The Morgan fingerprint density at radius 2 is 2.00 bits per heavy atom. The van der Waals surface area contributed by atoms with Gasteiger partial charge >= 0.3 is 0 Å². The molecule has 8 heteroatoms. The number of rotatable bonds is 7. The molecule has 8 nitrogen and oxygen atoms in total. The molecule has 0 saturated carbocycles. The summed E-state index contributed by atoms with van der Waals surface area (Å²) < 4.78 is 2.11. The van der Waals surface area contributed by atoms with Crippen molar-refractivity contribution in [3.8, 4) is 22.4 Å². The summed E-state index contributed by atoms with van der Waals surface area (Å²) in [5, 5.41) is 9.10. The number of nitrogens with one attached hydrogen (secondary N) is 2. The number of aromatic amines is 1. The zero-order valence-electron chi connectivity index (χ0n) is 18.5. The fourth-order valence-corrected chi connectivity index (χ4v) is 4.40. The molecular weight excluding hydrogens is 400 g/mol. The van der Waals surface area contributed by atoms with Gasteiger partial charge in [0.05, 0.1) is 24.5 Å². The lowest BCUT2D eigenvalue weighted by molar-refractivity contribution is 0.343. The van der Waals surface area contributed by atoms with Gasteiger partial charge in [-0.3, -0.25) is 4.68 Å². The first-order valence-electron chi connectivity index (χ1n) is 11.5. The average Bonchev–Trinajstić information content (AvgIpc) is 3.50. The minimum absolute atomic E-state index is 0.328. The van der Waals surface area contributed by atoms with Crippen molar-refractivity contribution in [3.05, 3.63) is 48.4 Å². The molecule has 0 unspecified atom stereocenters. The van der Waals surface area contributed by atoms with Crippen LogP contribution in [0.3, 0.4) is 0 Å². The minimum atomic E-state index is 0.328. The second-order valence-electron chi connectivity index (χ2n) is 8.48. The van der Waals surface area contributed by atoms with Crippen LogP contribution in [0.1, 0.15) is 50.2 Å². The van der Waals surface area contributed by atoms with Crippen molar-refractivity contribution in [2.75, 3.05) is 13.1 Å². The fourth-order valence-electron chi connectivity index (χ4n) is 4.40. The highest BCUT2D eigenvalue weighted by Crippen LogP contribution is 2.31. The zero-order chi connectivity index (χ0) is 21.9. The van der Waals surface area contributed by atoms with Crippen molar-refractivity contribution in [1.29, 1.82) is 0 Å². The average molecular weight is 431 g/mol. The molecule has 1 saturated heterocycles. The monoisotopic (exact) mass is 430 g/mol. The van der Waals surface area contributed by atoms with Crippen LogP contribution in [0.15, 0.2) is 36.9 Å². The number of pyridine rings is 1. The molecule has 4 aromatic rings. The van der Waals surface area contributed by atoms with Crippen LogP contribution in [0.5, 0.6) is 0 Å². The van der Waals surface area contributed by atoms with Crippen molar-refractivity contribution in [2.45, 2.75) is 51.6 Å². The van der Waals surface area contributed by atoms with Gasteiger partial charge in [-0.1, -0.05) is 13.3 Å². The van der Waals surface area contributed by atoms with Crippen molar-refractivity contribution in [3.63, 3.8) is 0 Å². The molecule has 166 valence electrons. The van der Waals surface area contributed by atoms with Gasteiger partial charge in [-0.15, -0.1) is 0 Å². The largest absolute Gasteiger partial charge is 0.345 e. The molecule has 1 fully saturated rings. The number of nitrogens with two attached hydrogens (primary N) is 1. The highest BCUT2D eigenvalue weighted by atomic mass is 15.3. The van der Waals surface area contributed by atoms with Gasteiger partial charge in [-0.2, -0.15) is 5.10 Å². The highest BCUT2D eigenvalue weighted by molar-refractivity contribution is 5.94. The molecule has 5 rings (SSSR count). The number of aryl methyl sites for hydroxylation is 1. The Morgan fingerprint density at radius 1 is 1.12 bits per heavy atom. The molecule has 4 aromatic heterocycles. The highest BCUT2D eigenvalue weighted by Gasteiger charge is 2.17. The van der Waals surface area contributed by atoms with E-state index < -0.39 is 0 Å². The lowest BCUT2D eigenvalue weighted by Crippen LogP contribution is -2.29. The van der Waals surface area contributed by atoms with Crippen LogP contribution in [-0.4, -0.2) is 42.8 Å². The quantitative estimate of drug-likeness (QED) is 0.413. The molecular formula is C24H30N8. The van der Waals surface area contributed by atoms with Crippen LogP contribution in [0.4, 0.5) is 0 Å². The van der Waals surface area contributed by atoms with Crippen molar-refractivity contribution >= 4 is 11.0 Å². The molecule has 1 aliphatic heterocycles. The van der Waals surface area contributed by atoms with E-state index in [0.717, 1.165) is 84.3 Å². The van der Waals surface area contributed by atoms with Crippen LogP contribution in [-0.2, 0) is 13.0 Å². The molecule has 0 aromatic carbocycles. The first-order chi connectivity index (χ1) is 15.7. The van der Waals surface area contributed by atoms with Crippen molar-refractivity contribution in [1.82, 2.24) is 35.0 Å². The number of H-pyrrole nitrogens is 1. The molecule has 0 atom stereocenters. The summed E-state index contributed by atoms with van der Waals surface area (Å²) in [5.41, 5.74) is 11.8. The minimum Gasteiger partial charge on any atom is -0.345 e. The molecule has 0 bridgehead atoms.